The summed E-state index contributed by atoms with van der Waals surface area (Å²) in [5, 5.41) is 3.19. The Balaban J connectivity index is 1.56. The van der Waals surface area contributed by atoms with Gasteiger partial charge in [-0.2, -0.15) is 0 Å². The standard InChI is InChI=1S/C21H29N5O2/c1-14-5-7-26-19(15(2)22-20(26)9-14)12-24-8-6-21(23-16(3)27)13-25(17(4)28)11-18(21)10-24/h5,7,9,18H,6,8,10-13H2,1-4H3,(H,23,27)/t18-,21-/m1/s1. The van der Waals surface area contributed by atoms with E-state index in [0.717, 1.165) is 37.4 Å². The number of hydrogen-bond donors (Lipinski definition) is 1. The highest BCUT2D eigenvalue weighted by molar-refractivity contribution is 5.76. The van der Waals surface area contributed by atoms with Gasteiger partial charge in [-0.1, -0.05) is 0 Å². The normalized spacial score (nSPS) is 25.1. The van der Waals surface area contributed by atoms with E-state index in [9.17, 15) is 9.59 Å². The number of piperidine rings is 1. The molecule has 28 heavy (non-hydrogen) atoms. The summed E-state index contributed by atoms with van der Waals surface area (Å²) in [6.45, 7) is 11.2. The van der Waals surface area contributed by atoms with Crippen LogP contribution in [0.1, 0.15) is 37.2 Å². The number of carbonyl (C=O) groups excluding carboxylic acids is 2. The van der Waals surface area contributed by atoms with E-state index < -0.39 is 0 Å². The number of aryl methyl sites for hydroxylation is 2. The van der Waals surface area contributed by atoms with Gasteiger partial charge in [0.05, 0.1) is 16.9 Å². The SMILES string of the molecule is CC(=O)N[C@@]12CCN(Cc3c(C)nc4cc(C)ccn34)C[C@@H]1CN(C(C)=O)C2. The molecule has 0 radical (unpaired) electrons. The van der Waals surface area contributed by atoms with Crippen molar-refractivity contribution in [3.8, 4) is 0 Å². The minimum absolute atomic E-state index is 0.0168. The van der Waals surface area contributed by atoms with Crippen LogP contribution >= 0.6 is 0 Å². The molecule has 2 aliphatic rings. The van der Waals surface area contributed by atoms with E-state index in [1.54, 1.807) is 13.8 Å². The quantitative estimate of drug-likeness (QED) is 0.872. The van der Waals surface area contributed by atoms with Crippen molar-refractivity contribution in [2.24, 2.45) is 5.92 Å². The maximum Gasteiger partial charge on any atom is 0.219 e. The third kappa shape index (κ3) is 3.28. The van der Waals surface area contributed by atoms with Crippen molar-refractivity contribution in [1.82, 2.24) is 24.5 Å². The first-order valence-electron chi connectivity index (χ1n) is 9.98. The fraction of sp³-hybridized carbons (Fsp3) is 0.571. The average molecular weight is 383 g/mol. The van der Waals surface area contributed by atoms with E-state index >= 15 is 0 Å². The van der Waals surface area contributed by atoms with E-state index in [1.165, 1.54) is 11.3 Å². The summed E-state index contributed by atoms with van der Waals surface area (Å²) in [6, 6.07) is 4.22. The van der Waals surface area contributed by atoms with Gasteiger partial charge in [-0.3, -0.25) is 14.5 Å². The number of rotatable bonds is 3. The minimum Gasteiger partial charge on any atom is -0.349 e. The molecule has 2 fully saturated rings. The van der Waals surface area contributed by atoms with Gasteiger partial charge in [-0.05, 0) is 38.0 Å². The van der Waals surface area contributed by atoms with Crippen LogP contribution in [0.4, 0.5) is 0 Å². The Morgan fingerprint density at radius 1 is 1.29 bits per heavy atom. The first-order chi connectivity index (χ1) is 13.3. The summed E-state index contributed by atoms with van der Waals surface area (Å²) in [5.74, 6) is 0.311. The predicted octanol–water partition coefficient (Wildman–Crippen LogP) is 1.51. The molecule has 2 aromatic heterocycles. The van der Waals surface area contributed by atoms with Crippen LogP contribution in [0.3, 0.4) is 0 Å². The van der Waals surface area contributed by atoms with Crippen LogP contribution in [-0.4, -0.2) is 62.7 Å². The van der Waals surface area contributed by atoms with Crippen LogP contribution in [0.25, 0.3) is 5.65 Å². The van der Waals surface area contributed by atoms with Crippen LogP contribution < -0.4 is 5.32 Å². The van der Waals surface area contributed by atoms with E-state index in [4.69, 9.17) is 4.98 Å². The molecule has 2 aliphatic heterocycles. The number of nitrogens with one attached hydrogen (secondary N) is 1. The summed E-state index contributed by atoms with van der Waals surface area (Å²) < 4.78 is 2.18. The monoisotopic (exact) mass is 383 g/mol. The first-order valence-corrected chi connectivity index (χ1v) is 9.98. The zero-order valence-electron chi connectivity index (χ0n) is 17.2. The zero-order valence-corrected chi connectivity index (χ0v) is 17.2. The highest BCUT2D eigenvalue weighted by Gasteiger charge is 2.50. The third-order valence-corrected chi connectivity index (χ3v) is 6.37. The number of imidazole rings is 1. The van der Waals surface area contributed by atoms with Crippen LogP contribution in [0.15, 0.2) is 18.3 Å². The Labute approximate surface area is 165 Å². The van der Waals surface area contributed by atoms with E-state index in [-0.39, 0.29) is 23.3 Å². The van der Waals surface area contributed by atoms with Crippen molar-refractivity contribution in [1.29, 1.82) is 0 Å². The lowest BCUT2D eigenvalue weighted by Gasteiger charge is -2.43. The number of fused-ring (bicyclic) bond motifs is 2. The summed E-state index contributed by atoms with van der Waals surface area (Å²) in [5.41, 5.74) is 4.17. The van der Waals surface area contributed by atoms with Gasteiger partial charge < -0.3 is 14.6 Å². The van der Waals surface area contributed by atoms with E-state index in [0.29, 0.717) is 13.1 Å². The number of amides is 2. The molecule has 2 aromatic rings. The number of pyridine rings is 1. The molecular weight excluding hydrogens is 354 g/mol. The van der Waals surface area contributed by atoms with Crippen molar-refractivity contribution < 1.29 is 9.59 Å². The highest BCUT2D eigenvalue weighted by Crippen LogP contribution is 2.36. The van der Waals surface area contributed by atoms with Crippen molar-refractivity contribution in [3.63, 3.8) is 0 Å². The Hall–Kier alpha value is -2.41. The van der Waals surface area contributed by atoms with Crippen molar-refractivity contribution >= 4 is 17.5 Å². The number of likely N-dealkylation sites (tertiary alicyclic amines) is 2. The molecule has 150 valence electrons. The van der Waals surface area contributed by atoms with Gasteiger partial charge in [-0.15, -0.1) is 0 Å². The summed E-state index contributed by atoms with van der Waals surface area (Å²) in [6.07, 6.45) is 2.95. The smallest absolute Gasteiger partial charge is 0.219 e. The highest BCUT2D eigenvalue weighted by atomic mass is 16.2. The van der Waals surface area contributed by atoms with E-state index in [1.807, 2.05) is 4.90 Å². The Morgan fingerprint density at radius 2 is 2.07 bits per heavy atom. The summed E-state index contributed by atoms with van der Waals surface area (Å²) in [7, 11) is 0. The molecule has 0 bridgehead atoms. The lowest BCUT2D eigenvalue weighted by Crippen LogP contribution is -2.60. The molecule has 2 atom stereocenters. The average Bonchev–Trinajstić information content (AvgIpc) is 3.12. The second-order valence-electron chi connectivity index (χ2n) is 8.50. The second kappa shape index (κ2) is 6.88. The molecule has 0 aliphatic carbocycles. The van der Waals surface area contributed by atoms with Crippen molar-refractivity contribution in [2.45, 2.75) is 46.2 Å². The minimum atomic E-state index is -0.292. The number of nitrogens with zero attached hydrogens (tertiary/aromatic N) is 4. The third-order valence-electron chi connectivity index (χ3n) is 6.37. The number of aromatic nitrogens is 2. The Kier molecular flexibility index (Phi) is 4.65. The van der Waals surface area contributed by atoms with Crippen molar-refractivity contribution in [3.05, 3.63) is 35.3 Å². The van der Waals surface area contributed by atoms with Gasteiger partial charge in [0, 0.05) is 58.7 Å². The molecule has 0 aromatic carbocycles. The Bertz CT molecular complexity index is 936. The molecule has 2 saturated heterocycles. The first kappa shape index (κ1) is 18.9. The number of carbonyl (C=O) groups is 2. The molecule has 4 rings (SSSR count). The van der Waals surface area contributed by atoms with Gasteiger partial charge in [-0.25, -0.2) is 4.98 Å². The summed E-state index contributed by atoms with van der Waals surface area (Å²) >= 11 is 0. The van der Waals surface area contributed by atoms with Gasteiger partial charge in [0.25, 0.3) is 0 Å². The molecule has 0 spiro atoms. The zero-order chi connectivity index (χ0) is 20.1. The topological polar surface area (TPSA) is 70.0 Å². The van der Waals surface area contributed by atoms with Crippen LogP contribution in [0.2, 0.25) is 0 Å². The molecule has 7 nitrogen and oxygen atoms in total. The lowest BCUT2D eigenvalue weighted by atomic mass is 9.80. The van der Waals surface area contributed by atoms with Gasteiger partial charge in [0.15, 0.2) is 0 Å². The lowest BCUT2D eigenvalue weighted by molar-refractivity contribution is -0.128. The van der Waals surface area contributed by atoms with Crippen LogP contribution in [0.5, 0.6) is 0 Å². The molecule has 7 heteroatoms. The van der Waals surface area contributed by atoms with Gasteiger partial charge >= 0.3 is 0 Å². The molecule has 1 N–H and O–H groups in total. The summed E-state index contributed by atoms with van der Waals surface area (Å²) in [4.78, 5) is 32.8. The fourth-order valence-electron chi connectivity index (χ4n) is 4.91. The van der Waals surface area contributed by atoms with Crippen LogP contribution in [0, 0.1) is 19.8 Å². The maximum absolute atomic E-state index is 12.0. The molecule has 0 unspecified atom stereocenters. The van der Waals surface area contributed by atoms with Crippen LogP contribution in [-0.2, 0) is 16.1 Å². The molecule has 0 saturated carbocycles. The largest absolute Gasteiger partial charge is 0.349 e. The molecule has 2 amide bonds. The van der Waals surface area contributed by atoms with Crippen molar-refractivity contribution in [2.75, 3.05) is 26.2 Å². The fourth-order valence-corrected chi connectivity index (χ4v) is 4.91. The maximum atomic E-state index is 12.0. The predicted molar refractivity (Wildman–Crippen MR) is 107 cm³/mol. The Morgan fingerprint density at radius 3 is 2.79 bits per heavy atom. The molecule has 4 heterocycles. The number of hydrogen-bond acceptors (Lipinski definition) is 4. The van der Waals surface area contributed by atoms with E-state index in [2.05, 4.69) is 46.8 Å². The van der Waals surface area contributed by atoms with Gasteiger partial charge in [0.2, 0.25) is 11.8 Å². The molecular formula is C21H29N5O2. The van der Waals surface area contributed by atoms with Gasteiger partial charge in [0.1, 0.15) is 5.65 Å². The second-order valence-corrected chi connectivity index (χ2v) is 8.50.